The van der Waals surface area contributed by atoms with E-state index in [9.17, 15) is 4.79 Å². The fourth-order valence-electron chi connectivity index (χ4n) is 5.36. The van der Waals surface area contributed by atoms with Gasteiger partial charge in [-0.1, -0.05) is 37.6 Å². The molecular weight excluding hydrogens is 552 g/mol. The van der Waals surface area contributed by atoms with Gasteiger partial charge in [0.15, 0.2) is 11.5 Å². The van der Waals surface area contributed by atoms with Crippen LogP contribution in [0.5, 0.6) is 17.4 Å². The summed E-state index contributed by atoms with van der Waals surface area (Å²) in [6.07, 6.45) is 3.43. The Kier molecular flexibility index (Phi) is 9.65. The molecule has 1 aliphatic rings. The molecule has 4 aromatic rings. The van der Waals surface area contributed by atoms with E-state index >= 15 is 0 Å². The van der Waals surface area contributed by atoms with Gasteiger partial charge in [-0.25, -0.2) is 4.98 Å². The van der Waals surface area contributed by atoms with Gasteiger partial charge < -0.3 is 29.9 Å². The maximum atomic E-state index is 13.6. The highest BCUT2D eigenvalue weighted by molar-refractivity contribution is 6.06. The molecule has 1 amide bonds. The Morgan fingerprint density at radius 2 is 1.77 bits per heavy atom. The zero-order chi connectivity index (χ0) is 31.2. The van der Waals surface area contributed by atoms with Crippen molar-refractivity contribution in [2.75, 3.05) is 49.3 Å². The molecule has 9 heteroatoms. The summed E-state index contributed by atoms with van der Waals surface area (Å²) < 4.78 is 11.9. The number of ether oxygens (including phenoxy) is 2. The van der Waals surface area contributed by atoms with Crippen LogP contribution in [0.15, 0.2) is 66.9 Å². The summed E-state index contributed by atoms with van der Waals surface area (Å²) in [6.45, 7) is 11.3. The van der Waals surface area contributed by atoms with Crippen LogP contribution in [-0.2, 0) is 6.42 Å². The number of para-hydroxylation sites is 1. The average Bonchev–Trinajstić information content (AvgIpc) is 3.02. The number of anilines is 4. The van der Waals surface area contributed by atoms with Crippen LogP contribution in [-0.4, -0.2) is 60.6 Å². The molecular formula is C35H42N6O3. The first kappa shape index (κ1) is 30.8. The maximum Gasteiger partial charge on any atom is 0.262 e. The lowest BCUT2D eigenvalue weighted by Gasteiger charge is -2.39. The standard InChI is InChI=1S/C35H42N6O3/c1-7-9-26-12-17-30(31(20-26)43-6)44-34-29(33(42)38-32-23(2)10-8-11-24(32)3)21-36-35(39-34)37-27-13-15-28(16-14-27)41-19-18-40(5)25(4)22-41/h8,10-17,20-21,25H,7,9,18-19,22H2,1-6H3,(H,38,42)(H,36,37,39). The van der Waals surface area contributed by atoms with Gasteiger partial charge >= 0.3 is 0 Å². The lowest BCUT2D eigenvalue weighted by atomic mass is 10.1. The van der Waals surface area contributed by atoms with Crippen molar-refractivity contribution in [2.24, 2.45) is 0 Å². The Balaban J connectivity index is 1.42. The van der Waals surface area contributed by atoms with E-state index in [2.05, 4.69) is 63.4 Å². The molecule has 0 aliphatic carbocycles. The van der Waals surface area contributed by atoms with Crippen molar-refractivity contribution < 1.29 is 14.3 Å². The molecule has 1 fully saturated rings. The van der Waals surface area contributed by atoms with Crippen molar-refractivity contribution in [3.05, 3.63) is 89.1 Å². The quantitative estimate of drug-likeness (QED) is 0.203. The molecule has 2 N–H and O–H groups in total. The summed E-state index contributed by atoms with van der Waals surface area (Å²) in [5.41, 5.74) is 6.03. The number of piperazine rings is 1. The minimum atomic E-state index is -0.365. The van der Waals surface area contributed by atoms with Crippen molar-refractivity contribution in [1.82, 2.24) is 14.9 Å². The van der Waals surface area contributed by atoms with Crippen LogP contribution in [0.3, 0.4) is 0 Å². The molecule has 0 radical (unpaired) electrons. The molecule has 2 heterocycles. The normalized spacial score (nSPS) is 15.1. The Bertz CT molecular complexity index is 1590. The minimum Gasteiger partial charge on any atom is -0.493 e. The summed E-state index contributed by atoms with van der Waals surface area (Å²) in [7, 11) is 3.77. The second-order valence-corrected chi connectivity index (χ2v) is 11.4. The second kappa shape index (κ2) is 13.8. The zero-order valence-electron chi connectivity index (χ0n) is 26.5. The third-order valence-electron chi connectivity index (χ3n) is 8.14. The zero-order valence-corrected chi connectivity index (χ0v) is 26.5. The number of hydrogen-bond donors (Lipinski definition) is 2. The van der Waals surface area contributed by atoms with Gasteiger partial charge in [0.05, 0.1) is 7.11 Å². The van der Waals surface area contributed by atoms with Crippen molar-refractivity contribution in [3.8, 4) is 17.4 Å². The van der Waals surface area contributed by atoms with Gasteiger partial charge in [-0.2, -0.15) is 4.98 Å². The van der Waals surface area contributed by atoms with Gasteiger partial charge in [-0.3, -0.25) is 4.79 Å². The highest BCUT2D eigenvalue weighted by Crippen LogP contribution is 2.34. The number of nitrogens with one attached hydrogen (secondary N) is 2. The molecule has 3 aromatic carbocycles. The predicted octanol–water partition coefficient (Wildman–Crippen LogP) is 6.98. The number of aryl methyl sites for hydroxylation is 3. The fraction of sp³-hybridized carbons (Fsp3) is 0.343. The molecule has 44 heavy (non-hydrogen) atoms. The summed E-state index contributed by atoms with van der Waals surface area (Å²) in [4.78, 5) is 27.5. The van der Waals surface area contributed by atoms with Gasteiger partial charge in [-0.05, 0) is 87.3 Å². The third-order valence-corrected chi connectivity index (χ3v) is 8.14. The smallest absolute Gasteiger partial charge is 0.262 e. The Hall–Kier alpha value is -4.63. The number of rotatable bonds is 10. The SMILES string of the molecule is CCCc1ccc(Oc2nc(Nc3ccc(N4CCN(C)C(C)C4)cc3)ncc2C(=O)Nc2c(C)cccc2C)c(OC)c1. The first-order chi connectivity index (χ1) is 21.2. The second-order valence-electron chi connectivity index (χ2n) is 11.4. The molecule has 1 atom stereocenters. The van der Waals surface area contributed by atoms with Crippen LogP contribution in [0, 0.1) is 13.8 Å². The topological polar surface area (TPSA) is 91.9 Å². The van der Waals surface area contributed by atoms with Crippen LogP contribution in [0.25, 0.3) is 0 Å². The molecule has 1 unspecified atom stereocenters. The van der Waals surface area contributed by atoms with Crippen LogP contribution in [0.2, 0.25) is 0 Å². The van der Waals surface area contributed by atoms with Crippen LogP contribution >= 0.6 is 0 Å². The predicted molar refractivity (Wildman–Crippen MR) is 177 cm³/mol. The number of carbonyl (C=O) groups excluding carboxylic acids is 1. The lowest BCUT2D eigenvalue weighted by Crippen LogP contribution is -2.50. The molecule has 1 saturated heterocycles. The number of nitrogens with zero attached hydrogens (tertiary/aromatic N) is 4. The minimum absolute atomic E-state index is 0.121. The van der Waals surface area contributed by atoms with Gasteiger partial charge in [0.25, 0.3) is 5.91 Å². The number of benzene rings is 3. The number of carbonyl (C=O) groups is 1. The van der Waals surface area contributed by atoms with E-state index in [0.29, 0.717) is 23.5 Å². The van der Waals surface area contributed by atoms with E-state index < -0.39 is 0 Å². The molecule has 0 bridgehead atoms. The summed E-state index contributed by atoms with van der Waals surface area (Å²) in [5.74, 6) is 1.10. The average molecular weight is 595 g/mol. The van der Waals surface area contributed by atoms with Gasteiger partial charge in [0.1, 0.15) is 5.56 Å². The van der Waals surface area contributed by atoms with Gasteiger partial charge in [-0.15, -0.1) is 0 Å². The van der Waals surface area contributed by atoms with Crippen molar-refractivity contribution in [2.45, 2.75) is 46.6 Å². The molecule has 230 valence electrons. The van der Waals surface area contributed by atoms with E-state index in [1.807, 2.05) is 62.4 Å². The first-order valence-corrected chi connectivity index (χ1v) is 15.2. The molecule has 1 aliphatic heterocycles. The molecule has 5 rings (SSSR count). The number of amides is 1. The third kappa shape index (κ3) is 7.11. The van der Waals surface area contributed by atoms with Crippen molar-refractivity contribution in [3.63, 3.8) is 0 Å². The van der Waals surface area contributed by atoms with E-state index in [-0.39, 0.29) is 17.4 Å². The number of hydrogen-bond acceptors (Lipinski definition) is 8. The molecule has 0 saturated carbocycles. The molecule has 1 aromatic heterocycles. The maximum absolute atomic E-state index is 13.6. The van der Waals surface area contributed by atoms with Crippen molar-refractivity contribution in [1.29, 1.82) is 0 Å². The lowest BCUT2D eigenvalue weighted by molar-refractivity contribution is 0.102. The van der Waals surface area contributed by atoms with E-state index in [1.165, 1.54) is 11.9 Å². The molecule has 9 nitrogen and oxygen atoms in total. The highest BCUT2D eigenvalue weighted by atomic mass is 16.5. The van der Waals surface area contributed by atoms with Crippen LogP contribution in [0.4, 0.5) is 23.0 Å². The fourth-order valence-corrected chi connectivity index (χ4v) is 5.36. The monoisotopic (exact) mass is 594 g/mol. The number of likely N-dealkylation sites (N-methyl/N-ethyl adjacent to an activating group) is 1. The Morgan fingerprint density at radius 1 is 1.02 bits per heavy atom. The molecule has 0 spiro atoms. The highest BCUT2D eigenvalue weighted by Gasteiger charge is 2.22. The first-order valence-electron chi connectivity index (χ1n) is 15.2. The van der Waals surface area contributed by atoms with E-state index in [1.54, 1.807) is 7.11 Å². The van der Waals surface area contributed by atoms with Crippen LogP contribution in [0.1, 0.15) is 47.3 Å². The Morgan fingerprint density at radius 3 is 2.45 bits per heavy atom. The van der Waals surface area contributed by atoms with Crippen molar-refractivity contribution >= 4 is 28.9 Å². The summed E-state index contributed by atoms with van der Waals surface area (Å²) >= 11 is 0. The Labute approximate surface area is 260 Å². The largest absolute Gasteiger partial charge is 0.493 e. The summed E-state index contributed by atoms with van der Waals surface area (Å²) in [5, 5.41) is 6.30. The van der Waals surface area contributed by atoms with E-state index in [0.717, 1.165) is 60.5 Å². The van der Waals surface area contributed by atoms with Gasteiger partial charge in [0, 0.05) is 48.9 Å². The summed E-state index contributed by atoms with van der Waals surface area (Å²) in [6, 6.07) is 20.4. The van der Waals surface area contributed by atoms with Crippen LogP contribution < -0.4 is 25.0 Å². The number of methoxy groups -OCH3 is 1. The van der Waals surface area contributed by atoms with E-state index in [4.69, 9.17) is 9.47 Å². The van der Waals surface area contributed by atoms with Gasteiger partial charge in [0.2, 0.25) is 11.8 Å². The number of aromatic nitrogens is 2.